The minimum atomic E-state index is -0.211. The van der Waals surface area contributed by atoms with Crippen LogP contribution in [0.4, 0.5) is 0 Å². The third-order valence-corrected chi connectivity index (χ3v) is 6.89. The Morgan fingerprint density at radius 3 is 2.14 bits per heavy atom. The molecule has 1 saturated heterocycles. The molecule has 148 valence electrons. The minimum absolute atomic E-state index is 0.142. The van der Waals surface area contributed by atoms with Crippen LogP contribution in [0.2, 0.25) is 0 Å². The number of imide groups is 1. The molecule has 0 spiro atoms. The summed E-state index contributed by atoms with van der Waals surface area (Å²) in [6, 6.07) is 8.34. The van der Waals surface area contributed by atoms with E-state index in [0.717, 1.165) is 28.4 Å². The van der Waals surface area contributed by atoms with Crippen molar-refractivity contribution in [2.75, 3.05) is 0 Å². The minimum Gasteiger partial charge on any atom is -0.317 e. The Kier molecular flexibility index (Phi) is 3.92. The number of allylic oxidation sites excluding steroid dienone is 2. The third-order valence-electron chi connectivity index (χ3n) is 6.89. The van der Waals surface area contributed by atoms with Crippen molar-refractivity contribution >= 4 is 18.0 Å². The summed E-state index contributed by atoms with van der Waals surface area (Å²) in [4.78, 5) is 25.7. The topological polar surface area (TPSA) is 54.7 Å². The summed E-state index contributed by atoms with van der Waals surface area (Å²) < 4.78 is 2.22. The lowest BCUT2D eigenvalue weighted by atomic mass is 9.85. The molecule has 2 aromatic rings. The molecule has 2 fully saturated rings. The Morgan fingerprint density at radius 1 is 0.966 bits per heavy atom. The molecule has 5 nitrogen and oxygen atoms in total. The van der Waals surface area contributed by atoms with Crippen molar-refractivity contribution in [2.45, 2.75) is 34.1 Å². The zero-order chi connectivity index (χ0) is 20.4. The first-order valence-electron chi connectivity index (χ1n) is 10.2. The Labute approximate surface area is 170 Å². The maximum atomic E-state index is 12.8. The van der Waals surface area contributed by atoms with Crippen LogP contribution in [-0.2, 0) is 9.59 Å². The predicted octanol–water partition coefficient (Wildman–Crippen LogP) is 3.85. The van der Waals surface area contributed by atoms with E-state index in [4.69, 9.17) is 0 Å². The van der Waals surface area contributed by atoms with Gasteiger partial charge >= 0.3 is 0 Å². The monoisotopic (exact) mass is 387 g/mol. The molecular weight excluding hydrogens is 362 g/mol. The first-order valence-corrected chi connectivity index (χ1v) is 10.2. The number of hydrogen-bond acceptors (Lipinski definition) is 3. The molecule has 2 bridgehead atoms. The second-order valence-corrected chi connectivity index (χ2v) is 8.64. The molecule has 0 radical (unpaired) electrons. The number of nitrogens with zero attached hydrogens (tertiary/aromatic N) is 3. The highest BCUT2D eigenvalue weighted by Crippen LogP contribution is 2.52. The maximum Gasteiger partial charge on any atom is 0.254 e. The van der Waals surface area contributed by atoms with Gasteiger partial charge in [-0.1, -0.05) is 30.4 Å². The molecule has 5 heteroatoms. The lowest BCUT2D eigenvalue weighted by Gasteiger charge is -2.15. The fourth-order valence-corrected chi connectivity index (χ4v) is 5.54. The highest BCUT2D eigenvalue weighted by molar-refractivity contribution is 6.06. The van der Waals surface area contributed by atoms with E-state index in [9.17, 15) is 9.59 Å². The predicted molar refractivity (Wildman–Crippen MR) is 112 cm³/mol. The zero-order valence-corrected chi connectivity index (χ0v) is 17.2. The summed E-state index contributed by atoms with van der Waals surface area (Å²) in [7, 11) is 0. The van der Waals surface area contributed by atoms with Crippen molar-refractivity contribution in [1.82, 2.24) is 9.58 Å². The third kappa shape index (κ3) is 2.49. The van der Waals surface area contributed by atoms with Crippen LogP contribution in [0.3, 0.4) is 0 Å². The Morgan fingerprint density at radius 2 is 1.55 bits per heavy atom. The van der Waals surface area contributed by atoms with Crippen molar-refractivity contribution in [2.24, 2.45) is 28.8 Å². The van der Waals surface area contributed by atoms with Crippen LogP contribution in [0.15, 0.2) is 41.5 Å². The van der Waals surface area contributed by atoms with E-state index in [-0.39, 0.29) is 35.5 Å². The molecule has 1 aromatic heterocycles. The van der Waals surface area contributed by atoms with E-state index in [2.05, 4.69) is 66.9 Å². The number of benzene rings is 1. The fraction of sp³-hybridized carbons (Fsp3) is 0.375. The molecule has 1 aliphatic heterocycles. The lowest BCUT2D eigenvalue weighted by molar-refractivity contribution is -0.140. The number of aryl methyl sites for hydroxylation is 3. The van der Waals surface area contributed by atoms with Crippen LogP contribution >= 0.6 is 0 Å². The van der Waals surface area contributed by atoms with E-state index in [0.29, 0.717) is 0 Å². The van der Waals surface area contributed by atoms with Gasteiger partial charge in [0.25, 0.3) is 11.8 Å². The first kappa shape index (κ1) is 18.1. The highest BCUT2D eigenvalue weighted by Gasteiger charge is 2.59. The number of hydrazone groups is 1. The van der Waals surface area contributed by atoms with Gasteiger partial charge in [0.2, 0.25) is 0 Å². The quantitative estimate of drug-likeness (QED) is 0.456. The molecule has 1 saturated carbocycles. The van der Waals surface area contributed by atoms with Crippen LogP contribution in [-0.4, -0.2) is 27.6 Å². The van der Waals surface area contributed by atoms with E-state index >= 15 is 0 Å². The first-order chi connectivity index (χ1) is 13.9. The Bertz CT molecular complexity index is 1060. The maximum absolute atomic E-state index is 12.8. The van der Waals surface area contributed by atoms with Gasteiger partial charge in [-0.2, -0.15) is 10.1 Å². The highest BCUT2D eigenvalue weighted by atomic mass is 16.2. The molecule has 2 amide bonds. The number of rotatable bonds is 3. The number of para-hydroxylation sites is 1. The molecule has 3 aliphatic rings. The van der Waals surface area contributed by atoms with Crippen LogP contribution in [0.25, 0.3) is 5.69 Å². The summed E-state index contributed by atoms with van der Waals surface area (Å²) in [6.45, 7) is 8.33. The van der Waals surface area contributed by atoms with Crippen molar-refractivity contribution < 1.29 is 9.59 Å². The molecule has 2 heterocycles. The number of carbonyl (C=O) groups excluding carboxylic acids is 2. The van der Waals surface area contributed by atoms with Crippen molar-refractivity contribution in [1.29, 1.82) is 0 Å². The van der Waals surface area contributed by atoms with Crippen LogP contribution < -0.4 is 0 Å². The van der Waals surface area contributed by atoms with Crippen LogP contribution in [0.1, 0.15) is 34.5 Å². The smallest absolute Gasteiger partial charge is 0.254 e. The van der Waals surface area contributed by atoms with E-state index in [1.54, 1.807) is 6.21 Å². The Balaban J connectivity index is 1.47. The van der Waals surface area contributed by atoms with Gasteiger partial charge in [0.05, 0.1) is 23.7 Å². The van der Waals surface area contributed by atoms with Gasteiger partial charge in [-0.05, 0) is 63.1 Å². The fourth-order valence-electron chi connectivity index (χ4n) is 5.54. The molecule has 29 heavy (non-hydrogen) atoms. The lowest BCUT2D eigenvalue weighted by Crippen LogP contribution is -2.28. The number of hydrogen-bond donors (Lipinski definition) is 0. The normalized spacial score (nSPS) is 27.7. The summed E-state index contributed by atoms with van der Waals surface area (Å²) in [5.74, 6) is -0.298. The second kappa shape index (κ2) is 6.28. The van der Waals surface area contributed by atoms with E-state index in [1.165, 1.54) is 16.8 Å². The Hall–Kier alpha value is -2.95. The molecule has 0 N–H and O–H groups in total. The molecule has 4 atom stereocenters. The molecule has 4 unspecified atom stereocenters. The summed E-state index contributed by atoms with van der Waals surface area (Å²) in [5, 5.41) is 5.47. The number of amides is 2. The van der Waals surface area contributed by atoms with Crippen molar-refractivity contribution in [3.8, 4) is 5.69 Å². The summed E-state index contributed by atoms with van der Waals surface area (Å²) >= 11 is 0. The van der Waals surface area contributed by atoms with Gasteiger partial charge in [0.1, 0.15) is 0 Å². The van der Waals surface area contributed by atoms with Crippen molar-refractivity contribution in [3.63, 3.8) is 0 Å². The summed E-state index contributed by atoms with van der Waals surface area (Å²) in [6.07, 6.45) is 6.80. The van der Waals surface area contributed by atoms with Gasteiger partial charge < -0.3 is 4.57 Å². The molecule has 2 aliphatic carbocycles. The van der Waals surface area contributed by atoms with Gasteiger partial charge in [0, 0.05) is 17.0 Å². The van der Waals surface area contributed by atoms with Crippen molar-refractivity contribution in [3.05, 3.63) is 64.5 Å². The molecule has 5 rings (SSSR count). The van der Waals surface area contributed by atoms with E-state index < -0.39 is 0 Å². The number of aromatic nitrogens is 1. The van der Waals surface area contributed by atoms with Gasteiger partial charge in [-0.25, -0.2) is 0 Å². The largest absolute Gasteiger partial charge is 0.317 e. The standard InChI is InChI=1S/C24H25N3O2/c1-13-6-5-7-14(2)22(13)26-15(3)10-19(16(26)4)12-25-27-23(28)20-17-8-9-18(11-17)21(20)24(27)29/h5-10,12,17-18,20-21H,11H2,1-4H3. The number of carbonyl (C=O) groups is 2. The SMILES string of the molecule is Cc1cccc(C)c1-n1c(C)cc(C=NN2C(=O)C3C4C=CC(C4)C3C2=O)c1C. The average molecular weight is 387 g/mol. The van der Waals surface area contributed by atoms with Crippen LogP contribution in [0.5, 0.6) is 0 Å². The van der Waals surface area contributed by atoms with Gasteiger partial charge in [-0.3, -0.25) is 9.59 Å². The molecular formula is C24H25N3O2. The van der Waals surface area contributed by atoms with E-state index in [1.807, 2.05) is 6.92 Å². The van der Waals surface area contributed by atoms with Gasteiger partial charge in [0.15, 0.2) is 0 Å². The zero-order valence-electron chi connectivity index (χ0n) is 17.2. The average Bonchev–Trinajstić information content (AvgIpc) is 3.41. The number of fused-ring (bicyclic) bond motifs is 5. The second-order valence-electron chi connectivity index (χ2n) is 8.64. The van der Waals surface area contributed by atoms with Crippen LogP contribution in [0, 0.1) is 51.4 Å². The van der Waals surface area contributed by atoms with Gasteiger partial charge in [-0.15, -0.1) is 0 Å². The molecule has 1 aromatic carbocycles. The summed E-state index contributed by atoms with van der Waals surface area (Å²) in [5.41, 5.74) is 6.65.